The molecule has 2 aromatic heterocycles. The second-order valence-corrected chi connectivity index (χ2v) is 3.57. The Labute approximate surface area is 89.7 Å². The second kappa shape index (κ2) is 2.87. The predicted molar refractivity (Wildman–Crippen MR) is 56.6 cm³/mol. The van der Waals surface area contributed by atoms with E-state index in [1.54, 1.807) is 4.68 Å². The minimum Gasteiger partial charge on any atom is -0.245 e. The summed E-state index contributed by atoms with van der Waals surface area (Å²) in [5.41, 5.74) is 2.46. The summed E-state index contributed by atoms with van der Waals surface area (Å²) in [5, 5.41) is 9.21. The van der Waals surface area contributed by atoms with Crippen LogP contribution in [-0.2, 0) is 7.05 Å². The van der Waals surface area contributed by atoms with Crippen LogP contribution in [0, 0.1) is 0 Å². The zero-order valence-corrected chi connectivity index (χ0v) is 8.60. The normalized spacial score (nSPS) is 11.3. The molecule has 0 saturated carbocycles. The fourth-order valence-corrected chi connectivity index (χ4v) is 1.83. The molecule has 1 aromatic carbocycles. The number of aryl methyl sites for hydroxylation is 1. The van der Waals surface area contributed by atoms with Crippen LogP contribution in [0.4, 0.5) is 0 Å². The monoisotopic (exact) mass is 219 g/mol. The Balaban J connectivity index is 2.64. The molecule has 5 nitrogen and oxygen atoms in total. The number of hydrogen-bond donors (Lipinski definition) is 0. The molecule has 3 rings (SSSR count). The third kappa shape index (κ3) is 1.10. The fourth-order valence-electron chi connectivity index (χ4n) is 1.63. The molecule has 15 heavy (non-hydrogen) atoms. The Hall–Kier alpha value is -1.75. The van der Waals surface area contributed by atoms with Gasteiger partial charge in [0.1, 0.15) is 28.0 Å². The molecule has 0 bridgehead atoms. The van der Waals surface area contributed by atoms with E-state index in [2.05, 4.69) is 20.3 Å². The predicted octanol–water partition coefficient (Wildman–Crippen LogP) is 1.56. The molecule has 0 atom stereocenters. The van der Waals surface area contributed by atoms with Gasteiger partial charge in [-0.05, 0) is 12.1 Å². The summed E-state index contributed by atoms with van der Waals surface area (Å²) in [6.45, 7) is 0. The molecule has 74 valence electrons. The van der Waals surface area contributed by atoms with Gasteiger partial charge >= 0.3 is 0 Å². The minimum atomic E-state index is 0.447. The molecule has 0 saturated heterocycles. The van der Waals surface area contributed by atoms with Crippen molar-refractivity contribution < 1.29 is 0 Å². The molecule has 0 fully saturated rings. The van der Waals surface area contributed by atoms with E-state index < -0.39 is 0 Å². The van der Waals surface area contributed by atoms with Crippen molar-refractivity contribution in [3.8, 4) is 0 Å². The van der Waals surface area contributed by atoms with Crippen molar-refractivity contribution in [2.45, 2.75) is 0 Å². The van der Waals surface area contributed by atoms with Crippen LogP contribution in [0.15, 0.2) is 18.5 Å². The summed E-state index contributed by atoms with van der Waals surface area (Å²) in [6.07, 6.45) is 1.44. The molecule has 2 heterocycles. The number of rotatable bonds is 0. The summed E-state index contributed by atoms with van der Waals surface area (Å²) in [6, 6.07) is 3.72. The van der Waals surface area contributed by atoms with Crippen LogP contribution >= 0.6 is 11.6 Å². The first-order chi connectivity index (χ1) is 7.27. The van der Waals surface area contributed by atoms with Gasteiger partial charge in [-0.1, -0.05) is 16.8 Å². The average Bonchev–Trinajstić information content (AvgIpc) is 2.61. The largest absolute Gasteiger partial charge is 0.245 e. The Morgan fingerprint density at radius 3 is 3.00 bits per heavy atom. The van der Waals surface area contributed by atoms with E-state index in [9.17, 15) is 0 Å². The van der Waals surface area contributed by atoms with Crippen LogP contribution in [0.25, 0.3) is 21.9 Å². The van der Waals surface area contributed by atoms with E-state index in [0.29, 0.717) is 5.15 Å². The topological polar surface area (TPSA) is 56.5 Å². The van der Waals surface area contributed by atoms with Crippen LogP contribution in [0.2, 0.25) is 5.15 Å². The zero-order chi connectivity index (χ0) is 10.4. The minimum absolute atomic E-state index is 0.447. The second-order valence-electron chi connectivity index (χ2n) is 3.21. The van der Waals surface area contributed by atoms with Crippen molar-refractivity contribution in [2.75, 3.05) is 0 Å². The first kappa shape index (κ1) is 8.55. The van der Waals surface area contributed by atoms with Gasteiger partial charge in [0.15, 0.2) is 0 Å². The van der Waals surface area contributed by atoms with Crippen LogP contribution < -0.4 is 0 Å². The Morgan fingerprint density at radius 2 is 2.13 bits per heavy atom. The van der Waals surface area contributed by atoms with Gasteiger partial charge in [-0.3, -0.25) is 0 Å². The number of nitrogens with zero attached hydrogens (tertiary/aromatic N) is 5. The van der Waals surface area contributed by atoms with E-state index in [1.165, 1.54) is 6.33 Å². The van der Waals surface area contributed by atoms with Crippen molar-refractivity contribution in [3.63, 3.8) is 0 Å². The van der Waals surface area contributed by atoms with Gasteiger partial charge in [0.25, 0.3) is 0 Å². The van der Waals surface area contributed by atoms with E-state index in [0.717, 1.165) is 21.9 Å². The molecule has 3 aromatic rings. The molecule has 0 spiro atoms. The highest BCUT2D eigenvalue weighted by atomic mass is 35.5. The lowest BCUT2D eigenvalue weighted by Gasteiger charge is -2.00. The maximum atomic E-state index is 5.98. The highest BCUT2D eigenvalue weighted by molar-refractivity contribution is 6.34. The first-order valence-electron chi connectivity index (χ1n) is 4.36. The zero-order valence-electron chi connectivity index (χ0n) is 7.85. The standard InChI is InChI=1S/C9H6ClN5/c1-15-8-6(13-14-15)3-2-5-7(8)11-4-12-9(5)10/h2-4H,1H3. The van der Waals surface area contributed by atoms with Crippen molar-refractivity contribution >= 4 is 33.5 Å². The van der Waals surface area contributed by atoms with Gasteiger partial charge in [-0.25, -0.2) is 14.6 Å². The summed E-state index contributed by atoms with van der Waals surface area (Å²) >= 11 is 5.98. The van der Waals surface area contributed by atoms with E-state index >= 15 is 0 Å². The van der Waals surface area contributed by atoms with Crippen LogP contribution in [0.3, 0.4) is 0 Å². The van der Waals surface area contributed by atoms with Gasteiger partial charge in [-0.15, -0.1) is 5.10 Å². The van der Waals surface area contributed by atoms with Crippen molar-refractivity contribution in [1.29, 1.82) is 0 Å². The lowest BCUT2D eigenvalue weighted by molar-refractivity contribution is 0.737. The summed E-state index contributed by atoms with van der Waals surface area (Å²) in [7, 11) is 1.82. The van der Waals surface area contributed by atoms with Crippen molar-refractivity contribution in [2.24, 2.45) is 7.05 Å². The van der Waals surface area contributed by atoms with Crippen LogP contribution in [-0.4, -0.2) is 25.0 Å². The third-order valence-electron chi connectivity index (χ3n) is 2.32. The van der Waals surface area contributed by atoms with Gasteiger partial charge in [0.05, 0.1) is 0 Å². The molecule has 0 aliphatic carbocycles. The van der Waals surface area contributed by atoms with Gasteiger partial charge in [0.2, 0.25) is 0 Å². The van der Waals surface area contributed by atoms with E-state index in [1.807, 2.05) is 19.2 Å². The van der Waals surface area contributed by atoms with E-state index in [4.69, 9.17) is 11.6 Å². The highest BCUT2D eigenvalue weighted by Gasteiger charge is 2.09. The molecular formula is C9H6ClN5. The van der Waals surface area contributed by atoms with Gasteiger partial charge < -0.3 is 0 Å². The maximum Gasteiger partial charge on any atom is 0.140 e. The molecule has 0 unspecified atom stereocenters. The molecule has 0 amide bonds. The highest BCUT2D eigenvalue weighted by Crippen LogP contribution is 2.25. The SMILES string of the molecule is Cn1nnc2ccc3c(Cl)ncnc3c21. The number of aromatic nitrogens is 5. The Bertz CT molecular complexity index is 660. The average molecular weight is 220 g/mol. The van der Waals surface area contributed by atoms with Gasteiger partial charge in [-0.2, -0.15) is 0 Å². The lowest BCUT2D eigenvalue weighted by atomic mass is 10.2. The molecule has 0 N–H and O–H groups in total. The number of halogens is 1. The first-order valence-corrected chi connectivity index (χ1v) is 4.74. The Morgan fingerprint density at radius 1 is 1.27 bits per heavy atom. The molecule has 0 aliphatic rings. The van der Waals surface area contributed by atoms with Crippen LogP contribution in [0.1, 0.15) is 0 Å². The van der Waals surface area contributed by atoms with Crippen molar-refractivity contribution in [3.05, 3.63) is 23.6 Å². The molecule has 6 heteroatoms. The summed E-state index contributed by atoms with van der Waals surface area (Å²) in [4.78, 5) is 8.14. The van der Waals surface area contributed by atoms with Crippen LogP contribution in [0.5, 0.6) is 0 Å². The number of hydrogen-bond acceptors (Lipinski definition) is 4. The van der Waals surface area contributed by atoms with Crippen molar-refractivity contribution in [1.82, 2.24) is 25.0 Å². The summed E-state index contributed by atoms with van der Waals surface area (Å²) in [5.74, 6) is 0. The third-order valence-corrected chi connectivity index (χ3v) is 2.62. The molecule has 0 aliphatic heterocycles. The lowest BCUT2D eigenvalue weighted by Crippen LogP contribution is -1.92. The van der Waals surface area contributed by atoms with Gasteiger partial charge in [0, 0.05) is 12.4 Å². The number of fused-ring (bicyclic) bond motifs is 3. The maximum absolute atomic E-state index is 5.98. The Kier molecular flexibility index (Phi) is 1.63. The molecular weight excluding hydrogens is 214 g/mol. The summed E-state index contributed by atoms with van der Waals surface area (Å²) < 4.78 is 1.68. The van der Waals surface area contributed by atoms with E-state index in [-0.39, 0.29) is 0 Å². The fraction of sp³-hybridized carbons (Fsp3) is 0.111. The smallest absolute Gasteiger partial charge is 0.140 e. The number of benzene rings is 1. The quantitative estimate of drug-likeness (QED) is 0.539. The molecule has 0 radical (unpaired) electrons.